The van der Waals surface area contributed by atoms with Gasteiger partial charge >= 0.3 is 11.9 Å². The molecule has 1 N–H and O–H groups in total. The number of hydrogen-bond acceptors (Lipinski definition) is 3. The van der Waals surface area contributed by atoms with Crippen LogP contribution in [-0.2, 0) is 13.9 Å². The maximum Gasteiger partial charge on any atom is 0.349 e. The highest BCUT2D eigenvalue weighted by atomic mass is 35.5. The Morgan fingerprint density at radius 3 is 2.27 bits per heavy atom. The molecule has 0 unspecified atom stereocenters. The summed E-state index contributed by atoms with van der Waals surface area (Å²) in [4.78, 5) is 20.1. The van der Waals surface area contributed by atoms with E-state index in [-0.39, 0.29) is 0 Å². The summed E-state index contributed by atoms with van der Waals surface area (Å²) in [6, 6.07) is 0. The molecular formula is C6H5ClO4. The Balaban J connectivity index is 3.77. The number of carboxylic acids is 1. The van der Waals surface area contributed by atoms with Gasteiger partial charge in [-0.1, -0.05) is 12.2 Å². The van der Waals surface area contributed by atoms with Crippen LogP contribution < -0.4 is 0 Å². The summed E-state index contributed by atoms with van der Waals surface area (Å²) >= 11 is 4.65. The lowest BCUT2D eigenvalue weighted by atomic mass is 10.4. The van der Waals surface area contributed by atoms with Gasteiger partial charge in [0, 0.05) is 12.2 Å². The van der Waals surface area contributed by atoms with E-state index in [4.69, 9.17) is 5.11 Å². The van der Waals surface area contributed by atoms with Gasteiger partial charge in [-0.2, -0.15) is 0 Å². The minimum Gasteiger partial charge on any atom is -0.478 e. The van der Waals surface area contributed by atoms with Crippen LogP contribution in [0, 0.1) is 0 Å². The van der Waals surface area contributed by atoms with Gasteiger partial charge in [0.2, 0.25) is 0 Å². The van der Waals surface area contributed by atoms with Crippen LogP contribution in [0.1, 0.15) is 0 Å². The third kappa shape index (κ3) is 6.60. The second-order valence-electron chi connectivity index (χ2n) is 1.45. The van der Waals surface area contributed by atoms with Crippen molar-refractivity contribution >= 4 is 23.8 Å². The molecule has 0 heterocycles. The molecule has 0 saturated carbocycles. The van der Waals surface area contributed by atoms with E-state index in [9.17, 15) is 9.59 Å². The summed E-state index contributed by atoms with van der Waals surface area (Å²) in [5.74, 6) is -1.84. The maximum absolute atomic E-state index is 10.2. The summed E-state index contributed by atoms with van der Waals surface area (Å²) < 4.78 is 3.72. The zero-order chi connectivity index (χ0) is 8.69. The van der Waals surface area contributed by atoms with Crippen molar-refractivity contribution in [2.24, 2.45) is 0 Å². The van der Waals surface area contributed by atoms with Crippen LogP contribution in [0.5, 0.6) is 0 Å². The molecule has 4 nitrogen and oxygen atoms in total. The molecule has 0 aliphatic carbocycles. The molecule has 0 aliphatic rings. The smallest absolute Gasteiger partial charge is 0.349 e. The molecule has 0 spiro atoms. The minimum absolute atomic E-state index is 0.748. The number of aliphatic carboxylic acids is 1. The normalized spacial score (nSPS) is 10.6. The highest BCUT2D eigenvalue weighted by Gasteiger charge is 1.89. The van der Waals surface area contributed by atoms with Gasteiger partial charge in [-0.3, -0.25) is 0 Å². The van der Waals surface area contributed by atoms with Crippen molar-refractivity contribution in [3.8, 4) is 0 Å². The average molecular weight is 177 g/mol. The molecule has 0 aromatic heterocycles. The first-order valence-electron chi connectivity index (χ1n) is 2.57. The summed E-state index contributed by atoms with van der Waals surface area (Å²) in [5, 5.41) is 8.07. The highest BCUT2D eigenvalue weighted by Crippen LogP contribution is 1.85. The minimum atomic E-state index is -1.09. The van der Waals surface area contributed by atoms with E-state index < -0.39 is 11.9 Å². The highest BCUT2D eigenvalue weighted by molar-refractivity contribution is 6.14. The predicted octanol–water partition coefficient (Wildman–Crippen LogP) is 0.880. The van der Waals surface area contributed by atoms with Crippen molar-refractivity contribution in [3.63, 3.8) is 0 Å². The van der Waals surface area contributed by atoms with Crippen LogP contribution in [-0.4, -0.2) is 17.0 Å². The molecule has 0 aliphatic heterocycles. The van der Waals surface area contributed by atoms with Crippen molar-refractivity contribution in [3.05, 3.63) is 24.3 Å². The summed E-state index contributed by atoms with van der Waals surface area (Å²) in [7, 11) is 0. The standard InChI is InChI=1S/C6H5ClO4/c7-11-6(10)4-2-1-3-5(8)9/h1-4H,(H,8,9). The number of carboxylic acid groups (broad SMARTS) is 1. The first kappa shape index (κ1) is 9.71. The quantitative estimate of drug-likeness (QED) is 0.512. The number of carbonyl (C=O) groups excluding carboxylic acids is 1. The van der Waals surface area contributed by atoms with Gasteiger partial charge in [0.15, 0.2) is 0 Å². The van der Waals surface area contributed by atoms with Crippen LogP contribution in [0.25, 0.3) is 0 Å². The van der Waals surface area contributed by atoms with Crippen LogP contribution in [0.2, 0.25) is 0 Å². The number of rotatable bonds is 3. The van der Waals surface area contributed by atoms with E-state index in [0.29, 0.717) is 0 Å². The molecule has 0 rings (SSSR count). The Kier molecular flexibility index (Phi) is 4.85. The van der Waals surface area contributed by atoms with Crippen molar-refractivity contribution in [1.29, 1.82) is 0 Å². The average Bonchev–Trinajstić information content (AvgIpc) is 1.97. The summed E-state index contributed by atoms with van der Waals surface area (Å²) in [6.07, 6.45) is 4.25. The molecule has 0 saturated heterocycles. The Bertz CT molecular complexity index is 207. The fraction of sp³-hybridized carbons (Fsp3) is 0. The number of halogens is 1. The summed E-state index contributed by atoms with van der Waals surface area (Å²) in [6.45, 7) is 0. The molecule has 0 aromatic carbocycles. The number of hydrogen-bond donors (Lipinski definition) is 1. The fourth-order valence-electron chi connectivity index (χ4n) is 0.298. The van der Waals surface area contributed by atoms with E-state index in [2.05, 4.69) is 16.2 Å². The second kappa shape index (κ2) is 5.49. The molecule has 5 heteroatoms. The summed E-state index contributed by atoms with van der Waals surface area (Å²) in [5.41, 5.74) is 0. The molecule has 0 bridgehead atoms. The Morgan fingerprint density at radius 1 is 1.27 bits per heavy atom. The first-order chi connectivity index (χ1) is 5.16. The monoisotopic (exact) mass is 176 g/mol. The largest absolute Gasteiger partial charge is 0.478 e. The Morgan fingerprint density at radius 2 is 1.82 bits per heavy atom. The lowest BCUT2D eigenvalue weighted by Crippen LogP contribution is -1.88. The third-order valence-corrected chi connectivity index (χ3v) is 0.810. The maximum atomic E-state index is 10.2. The van der Waals surface area contributed by atoms with Gasteiger partial charge in [0.25, 0.3) is 0 Å². The van der Waals surface area contributed by atoms with Crippen LogP contribution >= 0.6 is 11.9 Å². The van der Waals surface area contributed by atoms with Gasteiger partial charge in [0.1, 0.15) is 11.9 Å². The van der Waals surface area contributed by atoms with E-state index in [1.165, 1.54) is 12.2 Å². The van der Waals surface area contributed by atoms with E-state index in [1.54, 1.807) is 0 Å². The molecule has 0 aromatic rings. The van der Waals surface area contributed by atoms with Gasteiger partial charge < -0.3 is 9.40 Å². The van der Waals surface area contributed by atoms with Crippen molar-refractivity contribution in [2.75, 3.05) is 0 Å². The Hall–Kier alpha value is -1.29. The van der Waals surface area contributed by atoms with Gasteiger partial charge in [-0.15, -0.1) is 0 Å². The molecule has 11 heavy (non-hydrogen) atoms. The van der Waals surface area contributed by atoms with Gasteiger partial charge in [-0.25, -0.2) is 9.59 Å². The van der Waals surface area contributed by atoms with E-state index in [0.717, 1.165) is 12.2 Å². The molecule has 0 radical (unpaired) electrons. The molecule has 0 amide bonds. The zero-order valence-corrected chi connectivity index (χ0v) is 6.12. The molecule has 0 atom stereocenters. The topological polar surface area (TPSA) is 63.6 Å². The van der Waals surface area contributed by atoms with E-state index >= 15 is 0 Å². The lowest BCUT2D eigenvalue weighted by molar-refractivity contribution is -0.131. The van der Waals surface area contributed by atoms with Crippen LogP contribution in [0.3, 0.4) is 0 Å². The molecule has 0 fully saturated rings. The fourth-order valence-corrected chi connectivity index (χ4v) is 0.349. The van der Waals surface area contributed by atoms with Gasteiger partial charge in [0.05, 0.1) is 0 Å². The lowest BCUT2D eigenvalue weighted by Gasteiger charge is -1.81. The SMILES string of the molecule is O=C(O)C=CC=CC(=O)OCl. The Labute approximate surface area is 67.9 Å². The first-order valence-corrected chi connectivity index (χ1v) is 2.88. The third-order valence-electron chi connectivity index (χ3n) is 0.658. The number of allylic oxidation sites excluding steroid dienone is 2. The predicted molar refractivity (Wildman–Crippen MR) is 37.9 cm³/mol. The van der Waals surface area contributed by atoms with Crippen LogP contribution in [0.15, 0.2) is 24.3 Å². The van der Waals surface area contributed by atoms with Crippen LogP contribution in [0.4, 0.5) is 0 Å². The van der Waals surface area contributed by atoms with Crippen molar-refractivity contribution in [1.82, 2.24) is 0 Å². The molecular weight excluding hydrogens is 172 g/mol. The van der Waals surface area contributed by atoms with E-state index in [1.807, 2.05) is 0 Å². The van der Waals surface area contributed by atoms with Crippen molar-refractivity contribution < 1.29 is 19.0 Å². The van der Waals surface area contributed by atoms with Gasteiger partial charge in [-0.05, 0) is 0 Å². The zero-order valence-electron chi connectivity index (χ0n) is 5.36. The second-order valence-corrected chi connectivity index (χ2v) is 1.61. The van der Waals surface area contributed by atoms with Crippen molar-refractivity contribution in [2.45, 2.75) is 0 Å². The molecule has 60 valence electrons. The number of carbonyl (C=O) groups is 2.